The van der Waals surface area contributed by atoms with Gasteiger partial charge in [0, 0.05) is 56.7 Å². The lowest BCUT2D eigenvalue weighted by Crippen LogP contribution is -2.48. The van der Waals surface area contributed by atoms with Gasteiger partial charge in [0.1, 0.15) is 0 Å². The third-order valence-corrected chi connectivity index (χ3v) is 6.19. The molecule has 4 rings (SSSR count). The van der Waals surface area contributed by atoms with Crippen LogP contribution in [0, 0.1) is 5.92 Å². The molecule has 0 radical (unpaired) electrons. The summed E-state index contributed by atoms with van der Waals surface area (Å²) in [6, 6.07) is 12.2. The number of pyridine rings is 1. The normalized spacial score (nSPS) is 16.6. The van der Waals surface area contributed by atoms with Gasteiger partial charge in [-0.2, -0.15) is 0 Å². The molecule has 31 heavy (non-hydrogen) atoms. The van der Waals surface area contributed by atoms with Crippen molar-refractivity contribution in [1.29, 1.82) is 0 Å². The molecule has 1 aliphatic rings. The van der Waals surface area contributed by atoms with E-state index in [2.05, 4.69) is 62.4 Å². The second-order valence-electron chi connectivity index (χ2n) is 8.53. The monoisotopic (exact) mass is 439 g/mol. The third kappa shape index (κ3) is 5.47. The van der Waals surface area contributed by atoms with E-state index >= 15 is 0 Å². The van der Waals surface area contributed by atoms with E-state index in [1.54, 1.807) is 0 Å². The molecule has 0 aliphatic carbocycles. The molecule has 3 aromatic rings. The highest BCUT2D eigenvalue weighted by molar-refractivity contribution is 6.31. The minimum Gasteiger partial charge on any atom is -0.297 e. The molecule has 3 heterocycles. The fraction of sp³-hybridized carbons (Fsp3) is 0.478. The van der Waals surface area contributed by atoms with Crippen LogP contribution < -0.4 is 0 Å². The lowest BCUT2D eigenvalue weighted by atomic mass is 10.0. The van der Waals surface area contributed by atoms with Crippen molar-refractivity contribution < 1.29 is 0 Å². The third-order valence-electron chi connectivity index (χ3n) is 5.85. The Morgan fingerprint density at radius 1 is 1.00 bits per heavy atom. The number of tetrazole rings is 1. The van der Waals surface area contributed by atoms with Gasteiger partial charge in [0.15, 0.2) is 5.82 Å². The molecule has 1 unspecified atom stereocenters. The van der Waals surface area contributed by atoms with Crippen LogP contribution in [0.3, 0.4) is 0 Å². The van der Waals surface area contributed by atoms with Crippen molar-refractivity contribution in [2.24, 2.45) is 5.92 Å². The van der Waals surface area contributed by atoms with Gasteiger partial charge in [-0.3, -0.25) is 14.8 Å². The minimum absolute atomic E-state index is 0.0565. The molecule has 2 aromatic heterocycles. The van der Waals surface area contributed by atoms with Crippen LogP contribution in [0.25, 0.3) is 0 Å². The largest absolute Gasteiger partial charge is 0.297 e. The van der Waals surface area contributed by atoms with Gasteiger partial charge in [-0.05, 0) is 52.1 Å². The van der Waals surface area contributed by atoms with Crippen LogP contribution >= 0.6 is 11.6 Å². The van der Waals surface area contributed by atoms with Gasteiger partial charge in [-0.15, -0.1) is 5.10 Å². The molecule has 1 aromatic carbocycles. The molecular formula is C23H30ClN7. The van der Waals surface area contributed by atoms with Crippen molar-refractivity contribution in [3.05, 3.63) is 70.8 Å². The highest BCUT2D eigenvalue weighted by Crippen LogP contribution is 2.33. The first-order chi connectivity index (χ1) is 15.1. The summed E-state index contributed by atoms with van der Waals surface area (Å²) in [6.07, 6.45) is 4.75. The number of nitrogens with zero attached hydrogens (tertiary/aromatic N) is 7. The number of hydrogen-bond donors (Lipinski definition) is 0. The second kappa shape index (κ2) is 10.3. The van der Waals surface area contributed by atoms with Gasteiger partial charge in [0.2, 0.25) is 0 Å². The van der Waals surface area contributed by atoms with Gasteiger partial charge in [0.25, 0.3) is 0 Å². The Morgan fingerprint density at radius 2 is 1.74 bits per heavy atom. The van der Waals surface area contributed by atoms with Gasteiger partial charge in [-0.25, -0.2) is 4.68 Å². The zero-order valence-corrected chi connectivity index (χ0v) is 19.0. The first-order valence-electron chi connectivity index (χ1n) is 11.0. The molecule has 1 saturated heterocycles. The molecule has 1 aliphatic heterocycles. The van der Waals surface area contributed by atoms with E-state index in [0.717, 1.165) is 62.1 Å². The van der Waals surface area contributed by atoms with Crippen molar-refractivity contribution in [2.75, 3.05) is 26.2 Å². The zero-order chi connectivity index (χ0) is 21.6. The Labute approximate surface area is 189 Å². The Kier molecular flexibility index (Phi) is 7.27. The van der Waals surface area contributed by atoms with E-state index < -0.39 is 0 Å². The standard InChI is InChI=1S/C23H30ClN7/c1-18(2)9-12-31-23(26-27-28-31)22(20-5-3-4-6-21(20)24)30-15-13-29(14-16-30)17-19-7-10-25-11-8-19/h3-8,10-11,18,22H,9,12-17H2,1-2H3. The van der Waals surface area contributed by atoms with Gasteiger partial charge < -0.3 is 0 Å². The number of piperazine rings is 1. The van der Waals surface area contributed by atoms with Crippen LogP contribution in [-0.4, -0.2) is 61.2 Å². The predicted octanol–water partition coefficient (Wildman–Crippen LogP) is 3.67. The maximum atomic E-state index is 6.65. The first-order valence-corrected chi connectivity index (χ1v) is 11.4. The molecule has 164 valence electrons. The fourth-order valence-corrected chi connectivity index (χ4v) is 4.31. The Hall–Kier alpha value is -2.35. The van der Waals surface area contributed by atoms with Crippen molar-refractivity contribution in [3.63, 3.8) is 0 Å². The van der Waals surface area contributed by atoms with Crippen LogP contribution in [0.1, 0.15) is 43.3 Å². The summed E-state index contributed by atoms with van der Waals surface area (Å²) in [5, 5.41) is 13.5. The van der Waals surface area contributed by atoms with Crippen LogP contribution in [-0.2, 0) is 13.1 Å². The number of benzene rings is 1. The molecular weight excluding hydrogens is 410 g/mol. The van der Waals surface area contributed by atoms with Crippen molar-refractivity contribution in [3.8, 4) is 0 Å². The van der Waals surface area contributed by atoms with Crippen LogP contribution in [0.15, 0.2) is 48.8 Å². The van der Waals surface area contributed by atoms with E-state index in [1.165, 1.54) is 5.56 Å². The predicted molar refractivity (Wildman–Crippen MR) is 122 cm³/mol. The van der Waals surface area contributed by atoms with E-state index in [4.69, 9.17) is 11.6 Å². The Bertz CT molecular complexity index is 951. The van der Waals surface area contributed by atoms with E-state index in [1.807, 2.05) is 35.3 Å². The Morgan fingerprint density at radius 3 is 2.45 bits per heavy atom. The van der Waals surface area contributed by atoms with Crippen molar-refractivity contribution in [1.82, 2.24) is 35.0 Å². The van der Waals surface area contributed by atoms with E-state index in [0.29, 0.717) is 5.92 Å². The van der Waals surface area contributed by atoms with Crippen LogP contribution in [0.5, 0.6) is 0 Å². The number of aromatic nitrogens is 5. The molecule has 0 spiro atoms. The Balaban J connectivity index is 1.54. The van der Waals surface area contributed by atoms with Gasteiger partial charge in [0.05, 0.1) is 6.04 Å². The summed E-state index contributed by atoms with van der Waals surface area (Å²) in [5.74, 6) is 1.46. The van der Waals surface area contributed by atoms with Crippen molar-refractivity contribution in [2.45, 2.75) is 39.4 Å². The number of halogens is 1. The fourth-order valence-electron chi connectivity index (χ4n) is 4.07. The molecule has 1 fully saturated rings. The molecule has 1 atom stereocenters. The van der Waals surface area contributed by atoms with E-state index in [9.17, 15) is 0 Å². The maximum absolute atomic E-state index is 6.65. The summed E-state index contributed by atoms with van der Waals surface area (Å²) in [5.41, 5.74) is 2.36. The topological polar surface area (TPSA) is 63.0 Å². The summed E-state index contributed by atoms with van der Waals surface area (Å²) >= 11 is 6.65. The van der Waals surface area contributed by atoms with Crippen LogP contribution in [0.2, 0.25) is 5.02 Å². The summed E-state index contributed by atoms with van der Waals surface area (Å²) in [4.78, 5) is 9.06. The molecule has 7 nitrogen and oxygen atoms in total. The summed E-state index contributed by atoms with van der Waals surface area (Å²) in [6.45, 7) is 10.0. The lowest BCUT2D eigenvalue weighted by molar-refractivity contribution is 0.0999. The number of aryl methyl sites for hydroxylation is 1. The molecule has 0 bridgehead atoms. The van der Waals surface area contributed by atoms with Gasteiger partial charge in [-0.1, -0.05) is 43.6 Å². The zero-order valence-electron chi connectivity index (χ0n) is 18.2. The molecule has 0 N–H and O–H groups in total. The number of rotatable bonds is 8. The molecule has 0 saturated carbocycles. The quantitative estimate of drug-likeness (QED) is 0.533. The smallest absolute Gasteiger partial charge is 0.173 e. The van der Waals surface area contributed by atoms with Crippen molar-refractivity contribution >= 4 is 11.6 Å². The SMILES string of the molecule is CC(C)CCn1nnnc1C(c1ccccc1Cl)N1CCN(Cc2ccncc2)CC1. The maximum Gasteiger partial charge on any atom is 0.173 e. The highest BCUT2D eigenvalue weighted by atomic mass is 35.5. The molecule has 8 heteroatoms. The van der Waals surface area contributed by atoms with Gasteiger partial charge >= 0.3 is 0 Å². The van der Waals surface area contributed by atoms with Crippen LogP contribution in [0.4, 0.5) is 0 Å². The highest BCUT2D eigenvalue weighted by Gasteiger charge is 2.31. The minimum atomic E-state index is -0.0565. The second-order valence-corrected chi connectivity index (χ2v) is 8.94. The summed E-state index contributed by atoms with van der Waals surface area (Å²) in [7, 11) is 0. The average molecular weight is 440 g/mol. The van der Waals surface area contributed by atoms with E-state index in [-0.39, 0.29) is 6.04 Å². The number of hydrogen-bond acceptors (Lipinski definition) is 6. The first kappa shape index (κ1) is 21.9. The lowest BCUT2D eigenvalue weighted by Gasteiger charge is -2.39. The molecule has 0 amide bonds. The average Bonchev–Trinajstić information content (AvgIpc) is 3.24. The summed E-state index contributed by atoms with van der Waals surface area (Å²) < 4.78 is 1.96.